The highest BCUT2D eigenvalue weighted by Crippen LogP contribution is 2.01. The molecule has 0 bridgehead atoms. The van der Waals surface area contributed by atoms with Crippen LogP contribution in [0.3, 0.4) is 0 Å². The van der Waals surface area contributed by atoms with Crippen LogP contribution in [0.25, 0.3) is 0 Å². The second kappa shape index (κ2) is 14.0. The predicted molar refractivity (Wildman–Crippen MR) is 64.0 cm³/mol. The van der Waals surface area contributed by atoms with Crippen molar-refractivity contribution in [2.24, 2.45) is 5.92 Å². The van der Waals surface area contributed by atoms with Gasteiger partial charge in [-0.25, -0.2) is 0 Å². The highest BCUT2D eigenvalue weighted by atomic mass is 13.9. The number of unbranched alkanes of at least 4 members (excludes halogenated alkanes) is 4. The van der Waals surface area contributed by atoms with Gasteiger partial charge in [-0.3, -0.25) is 0 Å². The number of hydrogen-bond acceptors (Lipinski definition) is 0. The third-order valence-corrected chi connectivity index (χ3v) is 1.73. The molecule has 78 valence electrons. The Bertz CT molecular complexity index is 101. The SMILES string of the molecule is C=CC(C)C.C=CCCCCCC. The lowest BCUT2D eigenvalue weighted by Gasteiger charge is -1.91. The smallest absolute Gasteiger partial charge is 0.0293 e. The molecule has 0 nitrogen and oxygen atoms in total. The van der Waals surface area contributed by atoms with Crippen molar-refractivity contribution in [2.75, 3.05) is 0 Å². The minimum Gasteiger partial charge on any atom is -0.103 e. The molecule has 0 radical (unpaired) electrons. The normalized spacial score (nSPS) is 8.92. The Morgan fingerprint density at radius 1 is 1.08 bits per heavy atom. The summed E-state index contributed by atoms with van der Waals surface area (Å²) in [6, 6.07) is 0. The molecule has 0 aromatic carbocycles. The average Bonchev–Trinajstić information content (AvgIpc) is 2.14. The van der Waals surface area contributed by atoms with E-state index in [0.717, 1.165) is 0 Å². The van der Waals surface area contributed by atoms with Crippen LogP contribution < -0.4 is 0 Å². The molecule has 0 heteroatoms. The molecule has 0 spiro atoms. The molecular weight excluding hydrogens is 156 g/mol. The Hall–Kier alpha value is -0.520. The predicted octanol–water partition coefficient (Wildman–Crippen LogP) is 4.97. The van der Waals surface area contributed by atoms with Crippen molar-refractivity contribution in [3.8, 4) is 0 Å². The summed E-state index contributed by atoms with van der Waals surface area (Å²) < 4.78 is 0. The van der Waals surface area contributed by atoms with E-state index in [1.807, 2.05) is 12.2 Å². The molecule has 0 aromatic heterocycles. The maximum absolute atomic E-state index is 3.66. The molecule has 0 aromatic rings. The van der Waals surface area contributed by atoms with Crippen LogP contribution in [0.4, 0.5) is 0 Å². The summed E-state index contributed by atoms with van der Waals surface area (Å²) in [7, 11) is 0. The van der Waals surface area contributed by atoms with E-state index < -0.39 is 0 Å². The molecule has 0 aliphatic heterocycles. The lowest BCUT2D eigenvalue weighted by atomic mass is 10.2. The Labute approximate surface area is 84.7 Å². The fourth-order valence-corrected chi connectivity index (χ4v) is 0.715. The van der Waals surface area contributed by atoms with Crippen LogP contribution in [0.15, 0.2) is 25.3 Å². The van der Waals surface area contributed by atoms with Crippen LogP contribution in [-0.4, -0.2) is 0 Å². The summed E-state index contributed by atoms with van der Waals surface area (Å²) in [4.78, 5) is 0. The number of hydrogen-bond donors (Lipinski definition) is 0. The van der Waals surface area contributed by atoms with E-state index in [1.165, 1.54) is 32.1 Å². The summed E-state index contributed by atoms with van der Waals surface area (Å²) in [6.07, 6.45) is 10.5. The largest absolute Gasteiger partial charge is 0.103 e. The highest BCUT2D eigenvalue weighted by Gasteiger charge is 1.81. The van der Waals surface area contributed by atoms with E-state index in [4.69, 9.17) is 0 Å². The quantitative estimate of drug-likeness (QED) is 0.402. The van der Waals surface area contributed by atoms with Crippen LogP contribution in [0, 0.1) is 5.92 Å². The van der Waals surface area contributed by atoms with Crippen molar-refractivity contribution in [3.63, 3.8) is 0 Å². The molecule has 0 amide bonds. The lowest BCUT2D eigenvalue weighted by Crippen LogP contribution is -1.71. The van der Waals surface area contributed by atoms with Gasteiger partial charge in [-0.05, 0) is 18.8 Å². The molecule has 0 aliphatic carbocycles. The van der Waals surface area contributed by atoms with Gasteiger partial charge >= 0.3 is 0 Å². The summed E-state index contributed by atoms with van der Waals surface area (Å²) >= 11 is 0. The lowest BCUT2D eigenvalue weighted by molar-refractivity contribution is 0.675. The molecule has 0 atom stereocenters. The van der Waals surface area contributed by atoms with Crippen LogP contribution in [0.5, 0.6) is 0 Å². The van der Waals surface area contributed by atoms with Crippen LogP contribution in [0.2, 0.25) is 0 Å². The van der Waals surface area contributed by atoms with Crippen LogP contribution in [0.1, 0.15) is 52.9 Å². The van der Waals surface area contributed by atoms with Crippen molar-refractivity contribution >= 4 is 0 Å². The molecule has 0 saturated carbocycles. The molecule has 0 aliphatic rings. The minimum absolute atomic E-state index is 0.648. The van der Waals surface area contributed by atoms with Gasteiger partial charge in [0, 0.05) is 0 Å². The van der Waals surface area contributed by atoms with Gasteiger partial charge < -0.3 is 0 Å². The second-order valence-electron chi connectivity index (χ2n) is 3.62. The zero-order chi connectivity index (χ0) is 10.5. The van der Waals surface area contributed by atoms with Gasteiger partial charge in [-0.15, -0.1) is 13.2 Å². The van der Waals surface area contributed by atoms with Crippen LogP contribution in [-0.2, 0) is 0 Å². The molecule has 0 unspecified atom stereocenters. The van der Waals surface area contributed by atoms with Gasteiger partial charge in [-0.2, -0.15) is 0 Å². The Morgan fingerprint density at radius 2 is 1.62 bits per heavy atom. The molecule has 0 rings (SSSR count). The van der Waals surface area contributed by atoms with E-state index in [9.17, 15) is 0 Å². The van der Waals surface area contributed by atoms with Crippen molar-refractivity contribution in [2.45, 2.75) is 52.9 Å². The van der Waals surface area contributed by atoms with Crippen molar-refractivity contribution < 1.29 is 0 Å². The fraction of sp³-hybridized carbons (Fsp3) is 0.692. The Kier molecular flexibility index (Phi) is 16.2. The third kappa shape index (κ3) is 24.6. The zero-order valence-electron chi connectivity index (χ0n) is 9.68. The van der Waals surface area contributed by atoms with E-state index in [0.29, 0.717) is 5.92 Å². The van der Waals surface area contributed by atoms with E-state index in [1.54, 1.807) is 0 Å². The van der Waals surface area contributed by atoms with Crippen LogP contribution >= 0.6 is 0 Å². The summed E-state index contributed by atoms with van der Waals surface area (Å²) in [5.74, 6) is 0.648. The Morgan fingerprint density at radius 3 is 1.92 bits per heavy atom. The molecule has 0 heterocycles. The van der Waals surface area contributed by atoms with Gasteiger partial charge in [-0.1, -0.05) is 52.2 Å². The monoisotopic (exact) mass is 182 g/mol. The van der Waals surface area contributed by atoms with Crippen molar-refractivity contribution in [3.05, 3.63) is 25.3 Å². The standard InChI is InChI=1S/C8H16.C5H10/c1-3-5-7-8-6-4-2;1-4-5(2)3/h3H,1,4-8H2,2H3;4-5H,1H2,2-3H3. The first-order valence-corrected chi connectivity index (χ1v) is 5.42. The average molecular weight is 182 g/mol. The fourth-order valence-electron chi connectivity index (χ4n) is 0.715. The van der Waals surface area contributed by atoms with Gasteiger partial charge in [0.15, 0.2) is 0 Å². The maximum Gasteiger partial charge on any atom is -0.0293 e. The molecular formula is C13H26. The van der Waals surface area contributed by atoms with Gasteiger partial charge in [0.1, 0.15) is 0 Å². The first kappa shape index (κ1) is 15.0. The minimum atomic E-state index is 0.648. The molecule has 0 fully saturated rings. The van der Waals surface area contributed by atoms with Crippen molar-refractivity contribution in [1.29, 1.82) is 0 Å². The Balaban J connectivity index is 0. The third-order valence-electron chi connectivity index (χ3n) is 1.73. The first-order valence-electron chi connectivity index (χ1n) is 5.42. The second-order valence-corrected chi connectivity index (χ2v) is 3.62. The van der Waals surface area contributed by atoms with E-state index >= 15 is 0 Å². The summed E-state index contributed by atoms with van der Waals surface area (Å²) in [5.41, 5.74) is 0. The van der Waals surface area contributed by atoms with E-state index in [2.05, 4.69) is 33.9 Å². The molecule has 13 heavy (non-hydrogen) atoms. The van der Waals surface area contributed by atoms with Crippen molar-refractivity contribution in [1.82, 2.24) is 0 Å². The summed E-state index contributed by atoms with van der Waals surface area (Å²) in [5, 5.41) is 0. The van der Waals surface area contributed by atoms with E-state index in [-0.39, 0.29) is 0 Å². The number of allylic oxidation sites excluding steroid dienone is 2. The van der Waals surface area contributed by atoms with Gasteiger partial charge in [0.25, 0.3) is 0 Å². The zero-order valence-corrected chi connectivity index (χ0v) is 9.68. The summed E-state index contributed by atoms with van der Waals surface area (Å²) in [6.45, 7) is 13.7. The number of rotatable bonds is 6. The molecule has 0 N–H and O–H groups in total. The maximum atomic E-state index is 3.66. The van der Waals surface area contributed by atoms with Gasteiger partial charge in [0.2, 0.25) is 0 Å². The molecule has 0 saturated heterocycles. The topological polar surface area (TPSA) is 0 Å². The van der Waals surface area contributed by atoms with Gasteiger partial charge in [0.05, 0.1) is 0 Å². The first-order chi connectivity index (χ1) is 6.18. The highest BCUT2D eigenvalue weighted by molar-refractivity contribution is 4.69.